The van der Waals surface area contributed by atoms with Gasteiger partial charge in [0.15, 0.2) is 0 Å². The predicted octanol–water partition coefficient (Wildman–Crippen LogP) is 9.10. The lowest BCUT2D eigenvalue weighted by molar-refractivity contribution is 0.154. The van der Waals surface area contributed by atoms with E-state index in [1.165, 1.54) is 93.7 Å². The molecule has 36 heavy (non-hydrogen) atoms. The van der Waals surface area contributed by atoms with E-state index in [4.69, 9.17) is 4.74 Å². The molecule has 1 saturated heterocycles. The number of hydrogen-bond acceptors (Lipinski definition) is 2. The number of benzene rings is 1. The fourth-order valence-electron chi connectivity index (χ4n) is 7.40. The molecular weight excluding hydrogens is 440 g/mol. The van der Waals surface area contributed by atoms with Gasteiger partial charge < -0.3 is 9.84 Å². The van der Waals surface area contributed by atoms with E-state index < -0.39 is 0 Å². The molecule has 0 spiro atoms. The Morgan fingerprint density at radius 3 is 2.31 bits per heavy atom. The zero-order valence-corrected chi connectivity index (χ0v) is 23.6. The molecule has 0 radical (unpaired) electrons. The second kappa shape index (κ2) is 14.1. The number of ether oxygens (including phenoxy) is 1. The van der Waals surface area contributed by atoms with Crippen LogP contribution in [0.3, 0.4) is 0 Å². The fourth-order valence-corrected chi connectivity index (χ4v) is 7.40. The van der Waals surface area contributed by atoms with E-state index in [0.29, 0.717) is 18.6 Å². The van der Waals surface area contributed by atoms with Crippen LogP contribution in [0.25, 0.3) is 6.08 Å². The van der Waals surface area contributed by atoms with Gasteiger partial charge in [-0.15, -0.1) is 0 Å². The van der Waals surface area contributed by atoms with Gasteiger partial charge in [-0.05, 0) is 117 Å². The van der Waals surface area contributed by atoms with Crippen molar-refractivity contribution in [2.75, 3.05) is 13.2 Å². The number of aliphatic hydroxyl groups is 1. The molecular formula is C34H54O2. The molecule has 2 aliphatic carbocycles. The molecule has 1 heterocycles. The van der Waals surface area contributed by atoms with E-state index in [2.05, 4.69) is 45.0 Å². The Balaban J connectivity index is 1.18. The van der Waals surface area contributed by atoms with E-state index in [-0.39, 0.29) is 0 Å². The first kappa shape index (κ1) is 27.9. The molecule has 3 aliphatic rings. The van der Waals surface area contributed by atoms with Crippen LogP contribution < -0.4 is 0 Å². The molecule has 1 aliphatic heterocycles. The summed E-state index contributed by atoms with van der Waals surface area (Å²) in [4.78, 5) is 0. The highest BCUT2D eigenvalue weighted by atomic mass is 16.6. The minimum Gasteiger partial charge on any atom is -0.396 e. The van der Waals surface area contributed by atoms with Crippen molar-refractivity contribution >= 4 is 6.08 Å². The molecule has 1 aromatic rings. The lowest BCUT2D eigenvalue weighted by Crippen LogP contribution is -2.25. The Kier molecular flexibility index (Phi) is 11.0. The van der Waals surface area contributed by atoms with Crippen LogP contribution in [0, 0.1) is 23.7 Å². The Labute approximate surface area is 222 Å². The van der Waals surface area contributed by atoms with Crippen LogP contribution in [0.5, 0.6) is 0 Å². The third-order valence-corrected chi connectivity index (χ3v) is 10.1. The number of epoxide rings is 1. The Hall–Kier alpha value is -1.12. The summed E-state index contributed by atoms with van der Waals surface area (Å²) >= 11 is 0. The molecule has 1 aromatic carbocycles. The minimum atomic E-state index is 0.339. The number of aryl methyl sites for hydroxylation is 1. The Morgan fingerprint density at radius 2 is 1.69 bits per heavy atom. The van der Waals surface area contributed by atoms with Gasteiger partial charge in [0.25, 0.3) is 0 Å². The van der Waals surface area contributed by atoms with Crippen molar-refractivity contribution in [1.29, 1.82) is 0 Å². The molecule has 0 bridgehead atoms. The zero-order chi connectivity index (χ0) is 25.3. The summed E-state index contributed by atoms with van der Waals surface area (Å²) in [7, 11) is 0. The number of hydrogen-bond donors (Lipinski definition) is 1. The quantitative estimate of drug-likeness (QED) is 0.277. The van der Waals surface area contributed by atoms with Crippen molar-refractivity contribution in [3.05, 3.63) is 40.5 Å². The largest absolute Gasteiger partial charge is 0.396 e. The maximum Gasteiger partial charge on any atom is 0.0812 e. The maximum atomic E-state index is 9.38. The molecule has 202 valence electrons. The summed E-state index contributed by atoms with van der Waals surface area (Å²) in [5.41, 5.74) is 6.05. The number of aliphatic hydroxyl groups excluding tert-OH is 1. The summed E-state index contributed by atoms with van der Waals surface area (Å²) in [6.45, 7) is 8.10. The van der Waals surface area contributed by atoms with E-state index in [1.54, 1.807) is 5.56 Å². The Bertz CT molecular complexity index is 806. The SMILES string of the molecule is CC/C(C)=C/c1ccc(C2CCC(C3CCC(CCCC(CCO)CC4CO4)CC3)CC2)cc1CC. The van der Waals surface area contributed by atoms with Crippen molar-refractivity contribution in [2.45, 2.75) is 129 Å². The van der Waals surface area contributed by atoms with Crippen LogP contribution in [0.2, 0.25) is 0 Å². The molecule has 2 unspecified atom stereocenters. The average molecular weight is 495 g/mol. The number of rotatable bonds is 13. The summed E-state index contributed by atoms with van der Waals surface area (Å²) in [5.74, 6) is 4.39. The average Bonchev–Trinajstić information content (AvgIpc) is 3.73. The number of allylic oxidation sites excluding steroid dienone is 1. The lowest BCUT2D eigenvalue weighted by atomic mass is 9.67. The molecule has 3 fully saturated rings. The van der Waals surface area contributed by atoms with Gasteiger partial charge in [-0.1, -0.05) is 75.8 Å². The van der Waals surface area contributed by atoms with Gasteiger partial charge >= 0.3 is 0 Å². The van der Waals surface area contributed by atoms with E-state index in [0.717, 1.165) is 49.5 Å². The molecule has 0 aromatic heterocycles. The van der Waals surface area contributed by atoms with Gasteiger partial charge in [-0.3, -0.25) is 0 Å². The van der Waals surface area contributed by atoms with Crippen molar-refractivity contribution in [3.63, 3.8) is 0 Å². The first-order chi connectivity index (χ1) is 17.6. The molecule has 2 heteroatoms. The van der Waals surface area contributed by atoms with Gasteiger partial charge in [0.05, 0.1) is 12.7 Å². The zero-order valence-electron chi connectivity index (χ0n) is 23.6. The van der Waals surface area contributed by atoms with Gasteiger partial charge in [-0.2, -0.15) is 0 Å². The first-order valence-electron chi connectivity index (χ1n) is 15.6. The summed E-state index contributed by atoms with van der Waals surface area (Å²) in [6.07, 6.45) is 22.9. The van der Waals surface area contributed by atoms with Crippen molar-refractivity contribution in [1.82, 2.24) is 0 Å². The van der Waals surface area contributed by atoms with Gasteiger partial charge in [0.1, 0.15) is 0 Å². The lowest BCUT2D eigenvalue weighted by Gasteiger charge is -2.38. The first-order valence-corrected chi connectivity index (χ1v) is 15.6. The van der Waals surface area contributed by atoms with Crippen molar-refractivity contribution in [2.24, 2.45) is 23.7 Å². The molecule has 1 N–H and O–H groups in total. The van der Waals surface area contributed by atoms with E-state index >= 15 is 0 Å². The van der Waals surface area contributed by atoms with Crippen LogP contribution >= 0.6 is 0 Å². The smallest absolute Gasteiger partial charge is 0.0812 e. The summed E-state index contributed by atoms with van der Waals surface area (Å²) < 4.78 is 5.43. The van der Waals surface area contributed by atoms with Gasteiger partial charge in [0.2, 0.25) is 0 Å². The van der Waals surface area contributed by atoms with E-state index in [1.807, 2.05) is 0 Å². The van der Waals surface area contributed by atoms with Gasteiger partial charge in [-0.25, -0.2) is 0 Å². The van der Waals surface area contributed by atoms with Crippen LogP contribution in [-0.2, 0) is 11.2 Å². The highest BCUT2D eigenvalue weighted by molar-refractivity contribution is 5.57. The highest BCUT2D eigenvalue weighted by Gasteiger charge is 2.32. The summed E-state index contributed by atoms with van der Waals surface area (Å²) in [6, 6.07) is 7.37. The topological polar surface area (TPSA) is 32.8 Å². The van der Waals surface area contributed by atoms with Crippen LogP contribution in [0.1, 0.15) is 133 Å². The van der Waals surface area contributed by atoms with Gasteiger partial charge in [0, 0.05) is 6.61 Å². The highest BCUT2D eigenvalue weighted by Crippen LogP contribution is 2.45. The van der Waals surface area contributed by atoms with Crippen LogP contribution in [0.4, 0.5) is 0 Å². The third-order valence-electron chi connectivity index (χ3n) is 10.1. The van der Waals surface area contributed by atoms with Crippen LogP contribution in [0.15, 0.2) is 23.8 Å². The molecule has 2 nitrogen and oxygen atoms in total. The monoisotopic (exact) mass is 494 g/mol. The second-order valence-electron chi connectivity index (χ2n) is 12.5. The predicted molar refractivity (Wildman–Crippen MR) is 153 cm³/mol. The standard InChI is InChI=1S/C34H54O2/c1-4-25(3)21-32-17-18-33(23-28(32)5-2)31-15-13-30(14-16-31)29-11-9-26(10-12-29)7-6-8-27(19-20-35)22-34-24-36-34/h17-18,21,23,26-27,29-31,34-35H,4-16,19-20,22,24H2,1-3H3/b25-21+. The maximum absolute atomic E-state index is 9.38. The minimum absolute atomic E-state index is 0.339. The molecule has 0 amide bonds. The molecule has 2 saturated carbocycles. The second-order valence-corrected chi connectivity index (χ2v) is 12.5. The molecule has 2 atom stereocenters. The van der Waals surface area contributed by atoms with E-state index in [9.17, 15) is 5.11 Å². The van der Waals surface area contributed by atoms with Crippen molar-refractivity contribution < 1.29 is 9.84 Å². The molecule has 4 rings (SSSR count). The summed E-state index contributed by atoms with van der Waals surface area (Å²) in [5, 5.41) is 9.38. The van der Waals surface area contributed by atoms with Crippen molar-refractivity contribution in [3.8, 4) is 0 Å². The third kappa shape index (κ3) is 8.19. The Morgan fingerprint density at radius 1 is 1.00 bits per heavy atom. The fraction of sp³-hybridized carbons (Fsp3) is 0.765. The van der Waals surface area contributed by atoms with Crippen LogP contribution in [-0.4, -0.2) is 24.4 Å². The normalized spacial score (nSPS) is 29.8.